The Morgan fingerprint density at radius 3 is 2.50 bits per heavy atom. The van der Waals surface area contributed by atoms with E-state index in [1.54, 1.807) is 0 Å². The molecule has 5 nitrogen and oxygen atoms in total. The zero-order chi connectivity index (χ0) is 15.1. The van der Waals surface area contributed by atoms with Gasteiger partial charge in [0.05, 0.1) is 12.5 Å². The van der Waals surface area contributed by atoms with Gasteiger partial charge in [-0.1, -0.05) is 13.8 Å². The molecule has 110 valence electrons. The van der Waals surface area contributed by atoms with Gasteiger partial charge in [0.2, 0.25) is 0 Å². The maximum Gasteiger partial charge on any atom is 0.135 e. The van der Waals surface area contributed by atoms with Crippen LogP contribution in [0, 0.1) is 11.3 Å². The summed E-state index contributed by atoms with van der Waals surface area (Å²) in [5, 5.41) is 12.1. The fraction of sp³-hybridized carbons (Fsp3) is 0.667. The summed E-state index contributed by atoms with van der Waals surface area (Å²) in [4.78, 5) is 11.3. The van der Waals surface area contributed by atoms with Gasteiger partial charge in [-0.05, 0) is 20.8 Å². The van der Waals surface area contributed by atoms with Gasteiger partial charge in [0, 0.05) is 31.1 Å². The monoisotopic (exact) mass is 275 g/mol. The van der Waals surface area contributed by atoms with E-state index in [9.17, 15) is 0 Å². The number of rotatable bonds is 7. The maximum atomic E-state index is 8.80. The zero-order valence-electron chi connectivity index (χ0n) is 13.1. The molecule has 0 spiro atoms. The second-order valence-corrected chi connectivity index (χ2v) is 5.35. The summed E-state index contributed by atoms with van der Waals surface area (Å²) in [7, 11) is 0. The summed E-state index contributed by atoms with van der Waals surface area (Å²) in [5.74, 6) is 2.85. The Balaban J connectivity index is 3.15. The smallest absolute Gasteiger partial charge is 0.135 e. The molecule has 0 saturated carbocycles. The first-order valence-electron chi connectivity index (χ1n) is 7.26. The lowest BCUT2D eigenvalue weighted by Crippen LogP contribution is -2.32. The predicted octanol–water partition coefficient (Wildman–Crippen LogP) is 3.16. The van der Waals surface area contributed by atoms with Crippen LogP contribution in [0.15, 0.2) is 6.07 Å². The largest absolute Gasteiger partial charge is 0.370 e. The summed E-state index contributed by atoms with van der Waals surface area (Å²) in [6.07, 6.45) is 0.496. The SMILES string of the molecule is CCNc1cc(N(CCC#N)C(C)C)nc(C(C)C)n1. The van der Waals surface area contributed by atoms with Gasteiger partial charge in [-0.2, -0.15) is 5.26 Å². The summed E-state index contributed by atoms with van der Waals surface area (Å²) < 4.78 is 0. The van der Waals surface area contributed by atoms with Crippen LogP contribution in [-0.2, 0) is 0 Å². The highest BCUT2D eigenvalue weighted by molar-refractivity contribution is 5.50. The van der Waals surface area contributed by atoms with E-state index in [4.69, 9.17) is 5.26 Å². The van der Waals surface area contributed by atoms with Crippen molar-refractivity contribution in [3.05, 3.63) is 11.9 Å². The molecule has 1 aromatic heterocycles. The summed E-state index contributed by atoms with van der Waals surface area (Å²) >= 11 is 0. The van der Waals surface area contributed by atoms with Crippen LogP contribution >= 0.6 is 0 Å². The summed E-state index contributed by atoms with van der Waals surface area (Å²) in [6, 6.07) is 4.46. The zero-order valence-corrected chi connectivity index (χ0v) is 13.1. The van der Waals surface area contributed by atoms with Crippen molar-refractivity contribution in [1.29, 1.82) is 5.26 Å². The first-order chi connectivity index (χ1) is 9.49. The fourth-order valence-corrected chi connectivity index (χ4v) is 1.94. The van der Waals surface area contributed by atoms with E-state index in [0.29, 0.717) is 19.0 Å². The molecule has 0 amide bonds. The van der Waals surface area contributed by atoms with Crippen molar-refractivity contribution < 1.29 is 0 Å². The maximum absolute atomic E-state index is 8.80. The second kappa shape index (κ2) is 7.68. The Hall–Kier alpha value is -1.83. The number of nitrogens with one attached hydrogen (secondary N) is 1. The van der Waals surface area contributed by atoms with Crippen LogP contribution in [0.5, 0.6) is 0 Å². The number of anilines is 2. The molecule has 0 aliphatic rings. The van der Waals surface area contributed by atoms with Crippen LogP contribution in [0.3, 0.4) is 0 Å². The number of nitrogens with zero attached hydrogens (tertiary/aromatic N) is 4. The average Bonchev–Trinajstić information content (AvgIpc) is 2.39. The lowest BCUT2D eigenvalue weighted by atomic mass is 10.2. The van der Waals surface area contributed by atoms with Crippen LogP contribution in [0.25, 0.3) is 0 Å². The summed E-state index contributed by atoms with van der Waals surface area (Å²) in [5.41, 5.74) is 0. The average molecular weight is 275 g/mol. The molecule has 1 heterocycles. The number of nitriles is 1. The number of hydrogen-bond acceptors (Lipinski definition) is 5. The predicted molar refractivity (Wildman–Crippen MR) is 83.0 cm³/mol. The minimum Gasteiger partial charge on any atom is -0.370 e. The Kier molecular flexibility index (Phi) is 6.23. The minimum absolute atomic E-state index is 0.275. The van der Waals surface area contributed by atoms with Crippen molar-refractivity contribution >= 4 is 11.6 Å². The van der Waals surface area contributed by atoms with E-state index >= 15 is 0 Å². The normalized spacial score (nSPS) is 10.7. The number of hydrogen-bond donors (Lipinski definition) is 1. The van der Waals surface area contributed by atoms with E-state index in [1.165, 1.54) is 0 Å². The molecule has 1 rings (SSSR count). The Labute approximate surface area is 122 Å². The van der Waals surface area contributed by atoms with Crippen molar-refractivity contribution in [2.24, 2.45) is 0 Å². The number of aromatic nitrogens is 2. The second-order valence-electron chi connectivity index (χ2n) is 5.35. The van der Waals surface area contributed by atoms with Crippen molar-refractivity contribution in [1.82, 2.24) is 9.97 Å². The molecule has 0 unspecified atom stereocenters. The highest BCUT2D eigenvalue weighted by atomic mass is 15.2. The molecule has 1 N–H and O–H groups in total. The topological polar surface area (TPSA) is 64.8 Å². The van der Waals surface area contributed by atoms with Crippen LogP contribution < -0.4 is 10.2 Å². The van der Waals surface area contributed by atoms with E-state index in [0.717, 1.165) is 24.0 Å². The van der Waals surface area contributed by atoms with Gasteiger partial charge in [0.1, 0.15) is 17.5 Å². The van der Waals surface area contributed by atoms with Gasteiger partial charge in [-0.25, -0.2) is 9.97 Å². The lowest BCUT2D eigenvalue weighted by Gasteiger charge is -2.28. The highest BCUT2D eigenvalue weighted by Gasteiger charge is 2.15. The highest BCUT2D eigenvalue weighted by Crippen LogP contribution is 2.21. The van der Waals surface area contributed by atoms with E-state index in [-0.39, 0.29) is 5.92 Å². The third-order valence-electron chi connectivity index (χ3n) is 2.99. The summed E-state index contributed by atoms with van der Waals surface area (Å²) in [6.45, 7) is 12.0. The molecule has 0 bridgehead atoms. The van der Waals surface area contributed by atoms with Crippen LogP contribution in [0.1, 0.15) is 52.8 Å². The first-order valence-corrected chi connectivity index (χ1v) is 7.26. The van der Waals surface area contributed by atoms with Crippen LogP contribution in [0.2, 0.25) is 0 Å². The Morgan fingerprint density at radius 1 is 1.30 bits per heavy atom. The molecule has 0 aromatic carbocycles. The molecule has 0 saturated heterocycles. The Bertz CT molecular complexity index is 462. The lowest BCUT2D eigenvalue weighted by molar-refractivity contribution is 0.666. The Morgan fingerprint density at radius 2 is 2.00 bits per heavy atom. The van der Waals surface area contributed by atoms with Crippen molar-refractivity contribution in [2.45, 2.75) is 53.0 Å². The third-order valence-corrected chi connectivity index (χ3v) is 2.99. The van der Waals surface area contributed by atoms with Crippen LogP contribution in [-0.4, -0.2) is 29.1 Å². The van der Waals surface area contributed by atoms with E-state index in [2.05, 4.69) is 53.9 Å². The first kappa shape index (κ1) is 16.2. The van der Waals surface area contributed by atoms with Gasteiger partial charge in [-0.3, -0.25) is 0 Å². The quantitative estimate of drug-likeness (QED) is 0.828. The standard InChI is InChI=1S/C15H25N5/c1-6-17-13-10-14(19-15(18-13)11(2)3)20(12(4)5)9-7-8-16/h10-12H,6-7,9H2,1-5H3,(H,17,18,19). The molecule has 0 aliphatic carbocycles. The molecule has 1 aromatic rings. The van der Waals surface area contributed by atoms with Crippen LogP contribution in [0.4, 0.5) is 11.6 Å². The fourth-order valence-electron chi connectivity index (χ4n) is 1.94. The van der Waals surface area contributed by atoms with Crippen molar-refractivity contribution in [3.8, 4) is 6.07 Å². The van der Waals surface area contributed by atoms with E-state index in [1.807, 2.05) is 13.0 Å². The molecule has 5 heteroatoms. The molecule has 0 atom stereocenters. The van der Waals surface area contributed by atoms with Crippen molar-refractivity contribution in [3.63, 3.8) is 0 Å². The molecular formula is C15H25N5. The van der Waals surface area contributed by atoms with Gasteiger partial charge in [-0.15, -0.1) is 0 Å². The minimum atomic E-state index is 0.275. The molecule has 0 radical (unpaired) electrons. The van der Waals surface area contributed by atoms with Gasteiger partial charge in [0.15, 0.2) is 0 Å². The van der Waals surface area contributed by atoms with Gasteiger partial charge >= 0.3 is 0 Å². The molecule has 20 heavy (non-hydrogen) atoms. The molecular weight excluding hydrogens is 250 g/mol. The van der Waals surface area contributed by atoms with E-state index < -0.39 is 0 Å². The van der Waals surface area contributed by atoms with Crippen molar-refractivity contribution in [2.75, 3.05) is 23.3 Å². The van der Waals surface area contributed by atoms with Gasteiger partial charge < -0.3 is 10.2 Å². The third kappa shape index (κ3) is 4.37. The van der Waals surface area contributed by atoms with Gasteiger partial charge in [0.25, 0.3) is 0 Å². The molecule has 0 aliphatic heterocycles. The molecule has 0 fully saturated rings.